The van der Waals surface area contributed by atoms with E-state index in [4.69, 9.17) is 18.9 Å². The summed E-state index contributed by atoms with van der Waals surface area (Å²) >= 11 is 0. The number of rotatable bonds is 0. The highest BCUT2D eigenvalue weighted by atomic mass is 16.5. The van der Waals surface area contributed by atoms with Gasteiger partial charge in [0, 0.05) is 22.3 Å². The summed E-state index contributed by atoms with van der Waals surface area (Å²) in [5.41, 5.74) is 10.1. The predicted octanol–water partition coefficient (Wildman–Crippen LogP) is 8.74. The molecule has 0 saturated carbocycles. The van der Waals surface area contributed by atoms with Gasteiger partial charge in [-0.1, -0.05) is 48.5 Å². The van der Waals surface area contributed by atoms with Crippen LogP contribution in [0.5, 0.6) is 23.0 Å². The van der Waals surface area contributed by atoms with Gasteiger partial charge in [0.25, 0.3) is 0 Å². The van der Waals surface area contributed by atoms with E-state index in [2.05, 4.69) is 0 Å². The number of benzene rings is 6. The van der Waals surface area contributed by atoms with Gasteiger partial charge in [0.2, 0.25) is 0 Å². The first-order valence-corrected chi connectivity index (χ1v) is 15.9. The van der Waals surface area contributed by atoms with Gasteiger partial charge in [0.05, 0.1) is 0 Å². The van der Waals surface area contributed by atoms with Crippen LogP contribution in [-0.2, 0) is 26.4 Å². The van der Waals surface area contributed by atoms with Crippen molar-refractivity contribution in [1.29, 1.82) is 0 Å². The molecule has 12 bridgehead atoms. The molecule has 6 aliphatic rings. The molecular formula is C42H28O6. The fourth-order valence-electron chi connectivity index (χ4n) is 6.56. The van der Waals surface area contributed by atoms with Crippen LogP contribution in [-0.4, -0.2) is 11.6 Å². The molecule has 0 saturated heterocycles. The second-order valence-electron chi connectivity index (χ2n) is 12.3. The van der Waals surface area contributed by atoms with Crippen molar-refractivity contribution in [3.05, 3.63) is 166 Å². The van der Waals surface area contributed by atoms with E-state index in [-0.39, 0.29) is 11.6 Å². The number of fused-ring (bicyclic) bond motifs is 2. The average molecular weight is 629 g/mol. The molecule has 6 aromatic carbocycles. The Balaban J connectivity index is 1.01. The Bertz CT molecular complexity index is 1950. The number of hydrogen-bond acceptors (Lipinski definition) is 6. The normalized spacial score (nSPS) is 14.2. The van der Waals surface area contributed by atoms with Crippen LogP contribution in [0.4, 0.5) is 0 Å². The molecule has 0 spiro atoms. The van der Waals surface area contributed by atoms with Crippen molar-refractivity contribution in [1.82, 2.24) is 0 Å². The second kappa shape index (κ2) is 11.3. The number of carbonyl (C=O) groups is 2. The molecule has 0 radical (unpaired) electrons. The van der Waals surface area contributed by atoms with Crippen molar-refractivity contribution < 1.29 is 28.5 Å². The minimum Gasteiger partial charge on any atom is -0.489 e. The lowest BCUT2D eigenvalue weighted by Gasteiger charge is -2.11. The van der Waals surface area contributed by atoms with E-state index in [1.54, 1.807) is 0 Å². The topological polar surface area (TPSA) is 71.1 Å². The molecule has 0 N–H and O–H groups in total. The van der Waals surface area contributed by atoms with E-state index in [9.17, 15) is 9.59 Å². The zero-order valence-corrected chi connectivity index (χ0v) is 25.8. The fraction of sp³-hybridized carbons (Fsp3) is 0.0952. The number of ketones is 2. The third-order valence-corrected chi connectivity index (χ3v) is 9.19. The third kappa shape index (κ3) is 4.99. The van der Waals surface area contributed by atoms with Crippen LogP contribution in [0.25, 0.3) is 22.3 Å². The molecule has 4 heterocycles. The van der Waals surface area contributed by atoms with Crippen LogP contribution in [0.3, 0.4) is 0 Å². The summed E-state index contributed by atoms with van der Waals surface area (Å²) in [5, 5.41) is 0. The van der Waals surface area contributed by atoms with E-state index in [0.29, 0.717) is 71.7 Å². The highest BCUT2D eigenvalue weighted by Crippen LogP contribution is 2.41. The van der Waals surface area contributed by atoms with Gasteiger partial charge >= 0.3 is 0 Å². The molecule has 0 fully saturated rings. The highest BCUT2D eigenvalue weighted by Gasteiger charge is 2.29. The Labute approximate surface area is 277 Å². The van der Waals surface area contributed by atoms with Crippen LogP contribution >= 0.6 is 0 Å². The van der Waals surface area contributed by atoms with Gasteiger partial charge in [-0.05, 0) is 117 Å². The Morgan fingerprint density at radius 3 is 0.750 bits per heavy atom. The van der Waals surface area contributed by atoms with Gasteiger partial charge in [-0.2, -0.15) is 0 Å². The Morgan fingerprint density at radius 2 is 0.521 bits per heavy atom. The van der Waals surface area contributed by atoms with E-state index in [1.165, 1.54) is 0 Å². The molecule has 6 nitrogen and oxygen atoms in total. The SMILES string of the molecule is O=C1c2cc3ccc2-c2ccc(cc21)OCc1ccc(cc1)COc1ccc2c(c1)C(=O)c1cc(ccc1-2)OCc1ccc(cc1)CO3. The fourth-order valence-corrected chi connectivity index (χ4v) is 6.56. The second-order valence-corrected chi connectivity index (χ2v) is 12.3. The summed E-state index contributed by atoms with van der Waals surface area (Å²) < 4.78 is 24.4. The van der Waals surface area contributed by atoms with E-state index >= 15 is 0 Å². The van der Waals surface area contributed by atoms with Crippen molar-refractivity contribution >= 4 is 11.6 Å². The molecule has 48 heavy (non-hydrogen) atoms. The number of ether oxygens (including phenoxy) is 4. The first-order chi connectivity index (χ1) is 23.6. The van der Waals surface area contributed by atoms with Gasteiger partial charge < -0.3 is 18.9 Å². The predicted molar refractivity (Wildman–Crippen MR) is 181 cm³/mol. The zero-order valence-electron chi connectivity index (χ0n) is 25.8. The Morgan fingerprint density at radius 1 is 0.292 bits per heavy atom. The monoisotopic (exact) mass is 628 g/mol. The Kier molecular flexibility index (Phi) is 6.61. The summed E-state index contributed by atoms with van der Waals surface area (Å²) in [7, 11) is 0. The molecular weight excluding hydrogens is 600 g/mol. The number of hydrogen-bond donors (Lipinski definition) is 0. The largest absolute Gasteiger partial charge is 0.489 e. The molecule has 4 aliphatic heterocycles. The quantitative estimate of drug-likeness (QED) is 0.167. The van der Waals surface area contributed by atoms with Gasteiger partial charge in [-0.3, -0.25) is 9.59 Å². The highest BCUT2D eigenvalue weighted by molar-refractivity contribution is 6.22. The maximum Gasteiger partial charge on any atom is 0.194 e. The van der Waals surface area contributed by atoms with Crippen molar-refractivity contribution in [2.24, 2.45) is 0 Å². The summed E-state index contributed by atoms with van der Waals surface area (Å²) in [5.74, 6) is 2.47. The van der Waals surface area contributed by atoms with Gasteiger partial charge in [-0.15, -0.1) is 0 Å². The summed E-state index contributed by atoms with van der Waals surface area (Å²) in [6, 6.07) is 38.7. The van der Waals surface area contributed by atoms with E-state index in [0.717, 1.165) is 44.5 Å². The molecule has 0 unspecified atom stereocenters. The minimum atomic E-state index is -0.0347. The lowest BCUT2D eigenvalue weighted by Crippen LogP contribution is -2.01. The lowest BCUT2D eigenvalue weighted by molar-refractivity contribution is 0.103. The van der Waals surface area contributed by atoms with Crippen molar-refractivity contribution in [3.8, 4) is 45.3 Å². The van der Waals surface area contributed by atoms with Crippen LogP contribution < -0.4 is 18.9 Å². The van der Waals surface area contributed by atoms with Crippen LogP contribution in [0.2, 0.25) is 0 Å². The first kappa shape index (κ1) is 28.1. The summed E-state index contributed by atoms with van der Waals surface area (Å²) in [6.45, 7) is 1.45. The first-order valence-electron chi connectivity index (χ1n) is 15.9. The smallest absolute Gasteiger partial charge is 0.194 e. The maximum atomic E-state index is 13.4. The molecule has 0 aromatic heterocycles. The van der Waals surface area contributed by atoms with E-state index < -0.39 is 0 Å². The zero-order chi connectivity index (χ0) is 32.2. The molecule has 6 heteroatoms. The molecule has 2 aliphatic carbocycles. The van der Waals surface area contributed by atoms with Crippen LogP contribution in [0.1, 0.15) is 54.1 Å². The maximum absolute atomic E-state index is 13.4. The average Bonchev–Trinajstić information content (AvgIpc) is 3.57. The van der Waals surface area contributed by atoms with Crippen molar-refractivity contribution in [3.63, 3.8) is 0 Å². The third-order valence-electron chi connectivity index (χ3n) is 9.19. The molecule has 0 atom stereocenters. The summed E-state index contributed by atoms with van der Waals surface area (Å²) in [4.78, 5) is 26.9. The molecule has 0 amide bonds. The van der Waals surface area contributed by atoms with Crippen molar-refractivity contribution in [2.45, 2.75) is 26.4 Å². The summed E-state index contributed by atoms with van der Waals surface area (Å²) in [6.07, 6.45) is 0. The molecule has 232 valence electrons. The van der Waals surface area contributed by atoms with Crippen LogP contribution in [0, 0.1) is 0 Å². The lowest BCUT2D eigenvalue weighted by atomic mass is 10.1. The van der Waals surface area contributed by atoms with Crippen molar-refractivity contribution in [2.75, 3.05) is 0 Å². The van der Waals surface area contributed by atoms with Crippen LogP contribution in [0.15, 0.2) is 121 Å². The van der Waals surface area contributed by atoms with Gasteiger partial charge in [-0.25, -0.2) is 0 Å². The van der Waals surface area contributed by atoms with Gasteiger partial charge in [0.15, 0.2) is 11.6 Å². The molecule has 12 rings (SSSR count). The van der Waals surface area contributed by atoms with E-state index in [1.807, 2.05) is 121 Å². The minimum absolute atomic E-state index is 0.0347. The molecule has 6 aromatic rings. The van der Waals surface area contributed by atoms with Gasteiger partial charge in [0.1, 0.15) is 49.4 Å². The number of carbonyl (C=O) groups excluding carboxylic acids is 2. The standard InChI is InChI=1S/C42H28O6/c43-41-37-17-29-9-13-33(37)35-15-11-31(19-39(35)41)47-23-27-5-7-28(8-6-27)24-48-32-12-16-36-34-14-10-30(18-38(34)42(44)40(36)20-32)46-22-26-2-1-25(3-4-26)21-45-29/h1-20H,21-24H2. The Hall–Kier alpha value is -6.14.